The normalized spacial score (nSPS) is 12.1. The van der Waals surface area contributed by atoms with Crippen molar-refractivity contribution in [1.82, 2.24) is 15.2 Å². The van der Waals surface area contributed by atoms with E-state index in [1.807, 2.05) is 31.2 Å². The van der Waals surface area contributed by atoms with E-state index in [1.54, 1.807) is 30.8 Å². The number of hydrogen-bond acceptors (Lipinski definition) is 4. The zero-order chi connectivity index (χ0) is 22.1. The molecule has 0 unspecified atom stereocenters. The molecule has 30 heavy (non-hydrogen) atoms. The topological polar surface area (TPSA) is 79.5 Å². The second kappa shape index (κ2) is 8.14. The number of benzene rings is 2. The number of aromatic nitrogens is 2. The van der Waals surface area contributed by atoms with E-state index in [9.17, 15) is 9.90 Å². The minimum absolute atomic E-state index is 0.0341. The third-order valence-electron chi connectivity index (χ3n) is 5.03. The Kier molecular flexibility index (Phi) is 5.78. The van der Waals surface area contributed by atoms with Gasteiger partial charge in [0, 0.05) is 18.2 Å². The molecule has 0 aliphatic rings. The number of amides is 1. The monoisotopic (exact) mass is 404 g/mol. The smallest absolute Gasteiger partial charge is 0.271 e. The average molecular weight is 405 g/mol. The van der Waals surface area contributed by atoms with Gasteiger partial charge in [-0.15, -0.1) is 0 Å². The Morgan fingerprint density at radius 3 is 2.23 bits per heavy atom. The Hall–Kier alpha value is -3.41. The highest BCUT2D eigenvalue weighted by Crippen LogP contribution is 2.33. The molecule has 6 heteroatoms. The van der Waals surface area contributed by atoms with Crippen molar-refractivity contribution in [1.29, 1.82) is 0 Å². The van der Waals surface area contributed by atoms with Gasteiger partial charge in [0.2, 0.25) is 0 Å². The molecule has 1 heterocycles. The molecule has 2 N–H and O–H groups in total. The summed E-state index contributed by atoms with van der Waals surface area (Å²) in [6.45, 7) is 10.1. The summed E-state index contributed by atoms with van der Waals surface area (Å²) in [7, 11) is 1.77. The van der Waals surface area contributed by atoms with Gasteiger partial charge >= 0.3 is 0 Å². The number of hydrazone groups is 1. The van der Waals surface area contributed by atoms with Gasteiger partial charge in [0.15, 0.2) is 11.4 Å². The molecular weight excluding hydrogens is 376 g/mol. The Morgan fingerprint density at radius 2 is 1.67 bits per heavy atom. The Morgan fingerprint density at radius 1 is 1.07 bits per heavy atom. The summed E-state index contributed by atoms with van der Waals surface area (Å²) in [4.78, 5) is 12.3. The van der Waals surface area contributed by atoms with Crippen molar-refractivity contribution < 1.29 is 9.90 Å². The number of aromatic hydroxyl groups is 1. The van der Waals surface area contributed by atoms with Crippen molar-refractivity contribution in [3.05, 3.63) is 70.9 Å². The zero-order valence-corrected chi connectivity index (χ0v) is 18.3. The molecule has 3 aromatic rings. The van der Waals surface area contributed by atoms with Crippen LogP contribution in [0.4, 0.5) is 0 Å². The van der Waals surface area contributed by atoms with Crippen LogP contribution in [0.2, 0.25) is 0 Å². The summed E-state index contributed by atoms with van der Waals surface area (Å²) < 4.78 is 1.62. The van der Waals surface area contributed by atoms with Crippen LogP contribution in [0.1, 0.15) is 54.9 Å². The van der Waals surface area contributed by atoms with Gasteiger partial charge < -0.3 is 5.11 Å². The molecule has 1 amide bonds. The van der Waals surface area contributed by atoms with Crippen LogP contribution in [0.25, 0.3) is 11.3 Å². The molecule has 0 aliphatic carbocycles. The first-order valence-electron chi connectivity index (χ1n) is 9.86. The van der Waals surface area contributed by atoms with Gasteiger partial charge in [-0.2, -0.15) is 10.2 Å². The number of carbonyl (C=O) groups is 1. The van der Waals surface area contributed by atoms with Gasteiger partial charge in [-0.05, 0) is 37.0 Å². The maximum absolute atomic E-state index is 12.3. The van der Waals surface area contributed by atoms with Gasteiger partial charge in [-0.3, -0.25) is 9.48 Å². The van der Waals surface area contributed by atoms with Gasteiger partial charge in [0.05, 0.1) is 5.71 Å². The van der Waals surface area contributed by atoms with Crippen molar-refractivity contribution in [3.63, 3.8) is 0 Å². The van der Waals surface area contributed by atoms with Crippen LogP contribution in [0.5, 0.6) is 5.75 Å². The first-order chi connectivity index (χ1) is 14.1. The van der Waals surface area contributed by atoms with E-state index in [-0.39, 0.29) is 17.1 Å². The first kappa shape index (κ1) is 21.3. The van der Waals surface area contributed by atoms with Crippen molar-refractivity contribution in [2.45, 2.75) is 40.0 Å². The predicted molar refractivity (Wildman–Crippen MR) is 120 cm³/mol. The average Bonchev–Trinajstić information content (AvgIpc) is 3.00. The Bertz CT molecular complexity index is 1090. The molecule has 0 fully saturated rings. The summed E-state index contributed by atoms with van der Waals surface area (Å²) in [5.74, 6) is -0.283. The van der Waals surface area contributed by atoms with E-state index in [0.29, 0.717) is 22.7 Å². The number of rotatable bonds is 4. The quantitative estimate of drug-likeness (QED) is 0.494. The van der Waals surface area contributed by atoms with Crippen molar-refractivity contribution >= 4 is 11.6 Å². The highest BCUT2D eigenvalue weighted by atomic mass is 16.3. The number of hydrogen-bond donors (Lipinski definition) is 2. The van der Waals surface area contributed by atoms with E-state index in [1.165, 1.54) is 5.56 Å². The zero-order valence-electron chi connectivity index (χ0n) is 18.3. The number of nitrogens with zero attached hydrogens (tertiary/aromatic N) is 3. The lowest BCUT2D eigenvalue weighted by Gasteiger charge is -2.19. The lowest BCUT2D eigenvalue weighted by Crippen LogP contribution is -2.19. The van der Waals surface area contributed by atoms with Crippen LogP contribution in [0, 0.1) is 6.92 Å². The second-order valence-corrected chi connectivity index (χ2v) is 8.50. The molecular formula is C24H28N4O2. The predicted octanol–water partition coefficient (Wildman–Crippen LogP) is 4.55. The molecule has 0 aliphatic heterocycles. The van der Waals surface area contributed by atoms with Gasteiger partial charge in [-0.25, -0.2) is 5.43 Å². The minimum Gasteiger partial charge on any atom is -0.504 e. The molecule has 0 saturated carbocycles. The van der Waals surface area contributed by atoms with E-state index >= 15 is 0 Å². The van der Waals surface area contributed by atoms with E-state index in [4.69, 9.17) is 0 Å². The molecule has 6 nitrogen and oxygen atoms in total. The van der Waals surface area contributed by atoms with Gasteiger partial charge in [0.25, 0.3) is 5.91 Å². The molecule has 1 aromatic heterocycles. The molecule has 0 bridgehead atoms. The fraction of sp³-hybridized carbons (Fsp3) is 0.292. The molecule has 0 spiro atoms. The maximum atomic E-state index is 12.3. The molecule has 3 rings (SSSR count). The largest absolute Gasteiger partial charge is 0.504 e. The third kappa shape index (κ3) is 4.43. The van der Waals surface area contributed by atoms with Crippen LogP contribution >= 0.6 is 0 Å². The third-order valence-corrected chi connectivity index (χ3v) is 5.03. The SMILES string of the molecule is C/C(=N\NC(=O)c1ccc(C)cc1)c1nn(C)c(-c2ccc(C(C)(C)C)cc2)c1O. The summed E-state index contributed by atoms with van der Waals surface area (Å²) in [5, 5.41) is 19.3. The van der Waals surface area contributed by atoms with Crippen LogP contribution < -0.4 is 5.43 Å². The number of nitrogens with one attached hydrogen (secondary N) is 1. The van der Waals surface area contributed by atoms with Crippen LogP contribution in [0.15, 0.2) is 53.6 Å². The van der Waals surface area contributed by atoms with E-state index < -0.39 is 0 Å². The van der Waals surface area contributed by atoms with E-state index in [2.05, 4.69) is 48.5 Å². The van der Waals surface area contributed by atoms with E-state index in [0.717, 1.165) is 11.1 Å². The molecule has 0 saturated heterocycles. The van der Waals surface area contributed by atoms with Gasteiger partial charge in [-0.1, -0.05) is 62.7 Å². The fourth-order valence-electron chi connectivity index (χ4n) is 3.17. The highest BCUT2D eigenvalue weighted by molar-refractivity contribution is 6.02. The van der Waals surface area contributed by atoms with Crippen molar-refractivity contribution in [3.8, 4) is 17.0 Å². The standard InChI is InChI=1S/C24H28N4O2/c1-15-7-9-18(10-8-15)23(30)26-25-16(2)20-22(29)21(28(6)27-20)17-11-13-19(14-12-17)24(3,4)5/h7-14,29H,1-6H3,(H,26,30)/b25-16+. The maximum Gasteiger partial charge on any atom is 0.271 e. The highest BCUT2D eigenvalue weighted by Gasteiger charge is 2.20. The van der Waals surface area contributed by atoms with Crippen LogP contribution in [-0.4, -0.2) is 26.5 Å². The molecule has 156 valence electrons. The summed E-state index contributed by atoms with van der Waals surface area (Å²) in [6.07, 6.45) is 0. The lowest BCUT2D eigenvalue weighted by molar-refractivity contribution is 0.0955. The molecule has 2 aromatic carbocycles. The van der Waals surface area contributed by atoms with Crippen molar-refractivity contribution in [2.24, 2.45) is 12.1 Å². The summed E-state index contributed by atoms with van der Waals surface area (Å²) in [5.41, 5.74) is 7.59. The lowest BCUT2D eigenvalue weighted by atomic mass is 9.86. The second-order valence-electron chi connectivity index (χ2n) is 8.50. The Labute approximate surface area is 177 Å². The molecule has 0 atom stereocenters. The van der Waals surface area contributed by atoms with Crippen molar-refractivity contribution in [2.75, 3.05) is 0 Å². The minimum atomic E-state index is -0.317. The van der Waals surface area contributed by atoms with Crippen LogP contribution in [0.3, 0.4) is 0 Å². The molecule has 0 radical (unpaired) electrons. The first-order valence-corrected chi connectivity index (χ1v) is 9.86. The van der Waals surface area contributed by atoms with Crippen LogP contribution in [-0.2, 0) is 12.5 Å². The number of aryl methyl sites for hydroxylation is 2. The number of carbonyl (C=O) groups excluding carboxylic acids is 1. The van der Waals surface area contributed by atoms with Gasteiger partial charge in [0.1, 0.15) is 5.69 Å². The fourth-order valence-corrected chi connectivity index (χ4v) is 3.17. The Balaban J connectivity index is 1.84. The summed E-state index contributed by atoms with van der Waals surface area (Å²) in [6, 6.07) is 15.3. The summed E-state index contributed by atoms with van der Waals surface area (Å²) >= 11 is 0.